The van der Waals surface area contributed by atoms with E-state index in [-0.39, 0.29) is 11.4 Å². The van der Waals surface area contributed by atoms with Crippen molar-refractivity contribution >= 4 is 29.4 Å². The molecule has 2 N–H and O–H groups in total. The molecule has 0 unspecified atom stereocenters. The molecule has 1 fully saturated rings. The molecule has 118 valence electrons. The van der Waals surface area contributed by atoms with Crippen LogP contribution < -0.4 is 10.6 Å². The summed E-state index contributed by atoms with van der Waals surface area (Å²) < 4.78 is 5.21. The molecule has 1 aliphatic heterocycles. The largest absolute Gasteiger partial charge is 0.465 e. The predicted octanol–water partition coefficient (Wildman–Crippen LogP) is 4.00. The van der Waals surface area contributed by atoms with Crippen LogP contribution in [-0.2, 0) is 11.2 Å². The topological polar surface area (TPSA) is 54.3 Å². The van der Waals surface area contributed by atoms with E-state index in [1.165, 1.54) is 17.3 Å². The molecule has 1 saturated heterocycles. The van der Waals surface area contributed by atoms with Crippen molar-refractivity contribution in [3.8, 4) is 0 Å². The third-order valence-corrected chi connectivity index (χ3v) is 4.49. The van der Waals surface area contributed by atoms with Gasteiger partial charge in [0.15, 0.2) is 5.50 Å². The number of amides is 1. The highest BCUT2D eigenvalue weighted by atomic mass is 32.2. The molecule has 0 aliphatic carbocycles. The number of aryl methyl sites for hydroxylation is 1. The third kappa shape index (κ3) is 4.07. The van der Waals surface area contributed by atoms with Crippen molar-refractivity contribution in [2.24, 2.45) is 0 Å². The highest BCUT2D eigenvalue weighted by Gasteiger charge is 2.26. The molecule has 0 saturated carbocycles. The predicted molar refractivity (Wildman–Crippen MR) is 94.8 cm³/mol. The second kappa shape index (κ2) is 7.24. The van der Waals surface area contributed by atoms with Crippen LogP contribution in [0.4, 0.5) is 5.69 Å². The first kappa shape index (κ1) is 15.5. The van der Waals surface area contributed by atoms with Gasteiger partial charge >= 0.3 is 0 Å². The van der Waals surface area contributed by atoms with Crippen molar-refractivity contribution in [3.63, 3.8) is 0 Å². The quantitative estimate of drug-likeness (QED) is 0.816. The van der Waals surface area contributed by atoms with E-state index in [4.69, 9.17) is 4.42 Å². The fourth-order valence-electron chi connectivity index (χ4n) is 2.19. The number of allylic oxidation sites excluding steroid dienone is 2. The number of hydrogen-bond donors (Lipinski definition) is 2. The first-order valence-corrected chi connectivity index (χ1v) is 8.37. The number of rotatable bonds is 5. The summed E-state index contributed by atoms with van der Waals surface area (Å²) >= 11 is 1.47. The average Bonchev–Trinajstić information content (AvgIpc) is 3.19. The molecular weight excluding hydrogens is 308 g/mol. The zero-order valence-corrected chi connectivity index (χ0v) is 13.6. The molecule has 2 heterocycles. The van der Waals surface area contributed by atoms with Gasteiger partial charge in [-0.05, 0) is 48.4 Å². The minimum atomic E-state index is -0.154. The molecule has 0 bridgehead atoms. The van der Waals surface area contributed by atoms with Gasteiger partial charge in [-0.1, -0.05) is 36.9 Å². The zero-order valence-electron chi connectivity index (χ0n) is 12.8. The maximum Gasteiger partial charge on any atom is 0.260 e. The van der Waals surface area contributed by atoms with Crippen LogP contribution in [0.15, 0.2) is 64.1 Å². The molecule has 5 heteroatoms. The minimum absolute atomic E-state index is 0.0678. The molecule has 1 atom stereocenters. The lowest BCUT2D eigenvalue weighted by Crippen LogP contribution is -2.30. The van der Waals surface area contributed by atoms with E-state index in [0.29, 0.717) is 4.91 Å². The van der Waals surface area contributed by atoms with Crippen molar-refractivity contribution in [2.75, 3.05) is 5.32 Å². The molecule has 3 rings (SSSR count). The molecule has 1 amide bonds. The summed E-state index contributed by atoms with van der Waals surface area (Å²) in [4.78, 5) is 12.6. The van der Waals surface area contributed by atoms with E-state index >= 15 is 0 Å². The highest BCUT2D eigenvalue weighted by Crippen LogP contribution is 2.28. The Balaban J connectivity index is 1.60. The number of carbonyl (C=O) groups excluding carboxylic acids is 1. The SMILES string of the molecule is CCc1ccc(N[C@@H]2NC(=O)/C(=C/C=C/c3ccco3)S2)cc1. The Hall–Kier alpha value is -2.40. The molecule has 0 spiro atoms. The lowest BCUT2D eigenvalue weighted by molar-refractivity contribution is -0.116. The molecule has 4 nitrogen and oxygen atoms in total. The van der Waals surface area contributed by atoms with E-state index in [1.807, 2.05) is 36.4 Å². The van der Waals surface area contributed by atoms with E-state index in [0.717, 1.165) is 17.9 Å². The fourth-order valence-corrected chi connectivity index (χ4v) is 3.12. The van der Waals surface area contributed by atoms with E-state index in [2.05, 4.69) is 29.7 Å². The van der Waals surface area contributed by atoms with E-state index in [1.54, 1.807) is 12.3 Å². The summed E-state index contributed by atoms with van der Waals surface area (Å²) in [5.41, 5.74) is 2.13. The molecule has 23 heavy (non-hydrogen) atoms. The fraction of sp³-hybridized carbons (Fsp3) is 0.167. The van der Waals surface area contributed by atoms with Gasteiger partial charge in [0.05, 0.1) is 11.2 Å². The van der Waals surface area contributed by atoms with Gasteiger partial charge in [-0.15, -0.1) is 0 Å². The number of benzene rings is 1. The van der Waals surface area contributed by atoms with Gasteiger partial charge in [-0.25, -0.2) is 0 Å². The van der Waals surface area contributed by atoms with Gasteiger partial charge in [0.25, 0.3) is 5.91 Å². The smallest absolute Gasteiger partial charge is 0.260 e. The lowest BCUT2D eigenvalue weighted by Gasteiger charge is -2.12. The second-order valence-electron chi connectivity index (χ2n) is 5.07. The molecular formula is C18H18N2O2S. The molecule has 1 aliphatic rings. The van der Waals surface area contributed by atoms with Crippen LogP contribution in [-0.4, -0.2) is 11.4 Å². The Bertz CT molecular complexity index is 718. The van der Waals surface area contributed by atoms with Gasteiger partial charge in [0.2, 0.25) is 0 Å². The van der Waals surface area contributed by atoms with Crippen LogP contribution in [0.1, 0.15) is 18.2 Å². The summed E-state index contributed by atoms with van der Waals surface area (Å²) in [6.07, 6.45) is 8.08. The van der Waals surface area contributed by atoms with Gasteiger partial charge < -0.3 is 15.1 Å². The average molecular weight is 326 g/mol. The third-order valence-electron chi connectivity index (χ3n) is 3.44. The maximum atomic E-state index is 12.0. The number of anilines is 1. The lowest BCUT2D eigenvalue weighted by atomic mass is 10.1. The zero-order chi connectivity index (χ0) is 16.1. The van der Waals surface area contributed by atoms with Crippen molar-refractivity contribution in [1.29, 1.82) is 0 Å². The summed E-state index contributed by atoms with van der Waals surface area (Å²) in [6, 6.07) is 11.9. The number of furan rings is 1. The van der Waals surface area contributed by atoms with Crippen molar-refractivity contribution in [3.05, 3.63) is 71.0 Å². The van der Waals surface area contributed by atoms with E-state index < -0.39 is 0 Å². The first-order valence-electron chi connectivity index (χ1n) is 7.49. The Kier molecular flexibility index (Phi) is 4.88. The maximum absolute atomic E-state index is 12.0. The van der Waals surface area contributed by atoms with Gasteiger partial charge in [-0.3, -0.25) is 4.79 Å². The summed E-state index contributed by atoms with van der Waals surface area (Å²) in [5, 5.41) is 6.22. The van der Waals surface area contributed by atoms with Crippen LogP contribution >= 0.6 is 11.8 Å². The summed E-state index contributed by atoms with van der Waals surface area (Å²) in [6.45, 7) is 2.13. The minimum Gasteiger partial charge on any atom is -0.465 e. The van der Waals surface area contributed by atoms with Gasteiger partial charge in [0.1, 0.15) is 5.76 Å². The number of hydrogen-bond acceptors (Lipinski definition) is 4. The molecule has 1 aromatic carbocycles. The Morgan fingerprint density at radius 1 is 1.30 bits per heavy atom. The van der Waals surface area contributed by atoms with Crippen molar-refractivity contribution in [1.82, 2.24) is 5.32 Å². The van der Waals surface area contributed by atoms with Crippen LogP contribution in [0.25, 0.3) is 6.08 Å². The Morgan fingerprint density at radius 2 is 2.13 bits per heavy atom. The van der Waals surface area contributed by atoms with Gasteiger partial charge in [0, 0.05) is 5.69 Å². The molecule has 1 aromatic heterocycles. The van der Waals surface area contributed by atoms with Crippen molar-refractivity contribution < 1.29 is 9.21 Å². The van der Waals surface area contributed by atoms with Crippen LogP contribution in [0.5, 0.6) is 0 Å². The monoisotopic (exact) mass is 326 g/mol. The number of thioether (sulfide) groups is 1. The second-order valence-corrected chi connectivity index (χ2v) is 6.22. The molecule has 2 aromatic rings. The van der Waals surface area contributed by atoms with Crippen LogP contribution in [0.3, 0.4) is 0 Å². The van der Waals surface area contributed by atoms with E-state index in [9.17, 15) is 4.79 Å². The Morgan fingerprint density at radius 3 is 2.83 bits per heavy atom. The van der Waals surface area contributed by atoms with Crippen LogP contribution in [0, 0.1) is 0 Å². The number of nitrogens with one attached hydrogen (secondary N) is 2. The highest BCUT2D eigenvalue weighted by molar-refractivity contribution is 8.05. The summed E-state index contributed by atoms with van der Waals surface area (Å²) in [7, 11) is 0. The van der Waals surface area contributed by atoms with Crippen molar-refractivity contribution in [2.45, 2.75) is 18.8 Å². The normalized spacial score (nSPS) is 19.4. The summed E-state index contributed by atoms with van der Waals surface area (Å²) in [5.74, 6) is 0.692. The van der Waals surface area contributed by atoms with Gasteiger partial charge in [-0.2, -0.15) is 0 Å². The number of carbonyl (C=O) groups is 1. The standard InChI is InChI=1S/C18H18N2O2S/c1-2-13-8-10-14(11-9-13)19-18-20-17(21)16(23-18)7-3-5-15-6-4-12-22-15/h3-12,18-19H,2H2,1H3,(H,20,21)/b5-3+,16-7-/t18-/m1/s1. The van der Waals surface area contributed by atoms with Crippen LogP contribution in [0.2, 0.25) is 0 Å². The Labute approximate surface area is 139 Å². The molecule has 0 radical (unpaired) electrons. The first-order chi connectivity index (χ1) is 11.2.